The van der Waals surface area contributed by atoms with E-state index in [2.05, 4.69) is 5.10 Å². The lowest BCUT2D eigenvalue weighted by atomic mass is 10.0. The van der Waals surface area contributed by atoms with Crippen molar-refractivity contribution in [3.05, 3.63) is 52.9 Å². The topological polar surface area (TPSA) is 38.0 Å². The summed E-state index contributed by atoms with van der Waals surface area (Å²) in [6.45, 7) is 1.96. The quantitative estimate of drug-likeness (QED) is 0.923. The van der Waals surface area contributed by atoms with Gasteiger partial charge in [-0.05, 0) is 24.1 Å². The number of aliphatic hydroxyl groups excluding tert-OH is 1. The molecular weight excluding hydrogens is 250 g/mol. The van der Waals surface area contributed by atoms with E-state index in [1.54, 1.807) is 17.8 Å². The fourth-order valence-electron chi connectivity index (χ4n) is 2.05. The van der Waals surface area contributed by atoms with Crippen LogP contribution in [-0.4, -0.2) is 14.9 Å². The third-order valence-electron chi connectivity index (χ3n) is 3.12. The van der Waals surface area contributed by atoms with Gasteiger partial charge in [0.1, 0.15) is 0 Å². The van der Waals surface area contributed by atoms with Gasteiger partial charge in [-0.3, -0.25) is 4.68 Å². The van der Waals surface area contributed by atoms with E-state index < -0.39 is 17.7 Å². The molecule has 19 heavy (non-hydrogen) atoms. The van der Waals surface area contributed by atoms with E-state index in [1.807, 2.05) is 6.92 Å². The van der Waals surface area contributed by atoms with Crippen LogP contribution < -0.4 is 0 Å². The summed E-state index contributed by atoms with van der Waals surface area (Å²) in [6.07, 6.45) is -0.129. The maximum absolute atomic E-state index is 13.5. The van der Waals surface area contributed by atoms with Crippen LogP contribution in [0, 0.1) is 11.6 Å². The van der Waals surface area contributed by atoms with Crippen LogP contribution in [0.3, 0.4) is 0 Å². The van der Waals surface area contributed by atoms with Crippen LogP contribution in [0.1, 0.15) is 30.0 Å². The molecule has 0 amide bonds. The molecule has 0 saturated carbocycles. The lowest BCUT2D eigenvalue weighted by Crippen LogP contribution is -2.09. The number of aromatic nitrogens is 2. The first-order valence-electron chi connectivity index (χ1n) is 6.16. The average Bonchev–Trinajstić information content (AvgIpc) is 2.76. The smallest absolute Gasteiger partial charge is 0.162 e. The summed E-state index contributed by atoms with van der Waals surface area (Å²) in [7, 11) is 1.72. The number of rotatable bonds is 4. The highest BCUT2D eigenvalue weighted by atomic mass is 19.2. The van der Waals surface area contributed by atoms with E-state index in [-0.39, 0.29) is 12.0 Å². The van der Waals surface area contributed by atoms with Gasteiger partial charge in [-0.25, -0.2) is 8.78 Å². The van der Waals surface area contributed by atoms with Crippen LogP contribution in [-0.2, 0) is 19.9 Å². The summed E-state index contributed by atoms with van der Waals surface area (Å²) in [4.78, 5) is 0. The highest BCUT2D eigenvalue weighted by Crippen LogP contribution is 2.21. The lowest BCUT2D eigenvalue weighted by Gasteiger charge is -2.11. The molecule has 5 heteroatoms. The number of hydrogen-bond acceptors (Lipinski definition) is 2. The second-order valence-corrected chi connectivity index (χ2v) is 4.47. The van der Waals surface area contributed by atoms with Crippen molar-refractivity contribution in [2.45, 2.75) is 25.9 Å². The number of aryl methyl sites for hydroxylation is 2. The Balaban J connectivity index is 2.22. The molecule has 0 aliphatic heterocycles. The fourth-order valence-corrected chi connectivity index (χ4v) is 2.05. The Bertz CT molecular complexity index is 581. The van der Waals surface area contributed by atoms with Gasteiger partial charge in [0.2, 0.25) is 0 Å². The van der Waals surface area contributed by atoms with E-state index in [0.717, 1.165) is 18.2 Å². The fraction of sp³-hybridized carbons (Fsp3) is 0.357. The van der Waals surface area contributed by atoms with Crippen molar-refractivity contribution in [1.29, 1.82) is 0 Å². The van der Waals surface area contributed by atoms with Crippen molar-refractivity contribution in [1.82, 2.24) is 9.78 Å². The van der Waals surface area contributed by atoms with E-state index in [9.17, 15) is 13.9 Å². The van der Waals surface area contributed by atoms with Gasteiger partial charge in [0.15, 0.2) is 11.6 Å². The van der Waals surface area contributed by atoms with E-state index in [1.165, 1.54) is 12.1 Å². The van der Waals surface area contributed by atoms with Crippen molar-refractivity contribution in [2.24, 2.45) is 7.05 Å². The maximum atomic E-state index is 13.5. The zero-order valence-corrected chi connectivity index (χ0v) is 10.9. The molecule has 0 aliphatic carbocycles. The van der Waals surface area contributed by atoms with E-state index in [0.29, 0.717) is 5.69 Å². The molecule has 1 N–H and O–H groups in total. The highest BCUT2D eigenvalue weighted by molar-refractivity contribution is 5.22. The minimum atomic E-state index is -0.908. The average molecular weight is 266 g/mol. The normalized spacial score (nSPS) is 12.7. The minimum Gasteiger partial charge on any atom is -0.386 e. The molecule has 1 aromatic carbocycles. The van der Waals surface area contributed by atoms with Gasteiger partial charge in [-0.2, -0.15) is 5.10 Å². The maximum Gasteiger partial charge on any atom is 0.162 e. The molecule has 1 heterocycles. The van der Waals surface area contributed by atoms with Crippen LogP contribution in [0.5, 0.6) is 0 Å². The Morgan fingerprint density at radius 3 is 2.74 bits per heavy atom. The summed E-state index contributed by atoms with van der Waals surface area (Å²) in [5.41, 5.74) is 1.61. The van der Waals surface area contributed by atoms with Crippen molar-refractivity contribution >= 4 is 0 Å². The van der Waals surface area contributed by atoms with Gasteiger partial charge >= 0.3 is 0 Å². The van der Waals surface area contributed by atoms with Crippen molar-refractivity contribution < 1.29 is 13.9 Å². The monoisotopic (exact) mass is 266 g/mol. The van der Waals surface area contributed by atoms with Gasteiger partial charge in [-0.1, -0.05) is 19.1 Å². The Hall–Kier alpha value is -1.75. The van der Waals surface area contributed by atoms with E-state index in [4.69, 9.17) is 0 Å². The number of nitrogens with zero attached hydrogens (tertiary/aromatic N) is 2. The standard InChI is InChI=1S/C14H16F2N2O/c1-3-10-8-12(18(2)17-10)13(19)7-9-5-4-6-11(15)14(9)16/h4-6,8,13,19H,3,7H2,1-2H3. The summed E-state index contributed by atoms with van der Waals surface area (Å²) in [5, 5.41) is 14.3. The first-order chi connectivity index (χ1) is 9.02. The number of aliphatic hydroxyl groups is 1. The molecule has 2 aromatic rings. The summed E-state index contributed by atoms with van der Waals surface area (Å²) in [5.74, 6) is -1.80. The van der Waals surface area contributed by atoms with E-state index >= 15 is 0 Å². The SMILES string of the molecule is CCc1cc(C(O)Cc2cccc(F)c2F)n(C)n1. The van der Waals surface area contributed by atoms with Gasteiger partial charge in [0, 0.05) is 13.5 Å². The third-order valence-corrected chi connectivity index (χ3v) is 3.12. The molecule has 102 valence electrons. The first-order valence-corrected chi connectivity index (χ1v) is 6.16. The van der Waals surface area contributed by atoms with Crippen molar-refractivity contribution in [3.63, 3.8) is 0 Å². The summed E-state index contributed by atoms with van der Waals surface area (Å²) in [6, 6.07) is 5.74. The molecule has 0 saturated heterocycles. The molecule has 1 unspecified atom stereocenters. The minimum absolute atomic E-state index is 0.0201. The Morgan fingerprint density at radius 1 is 1.37 bits per heavy atom. The predicted molar refractivity (Wildman–Crippen MR) is 67.6 cm³/mol. The lowest BCUT2D eigenvalue weighted by molar-refractivity contribution is 0.167. The zero-order valence-electron chi connectivity index (χ0n) is 10.9. The molecule has 2 rings (SSSR count). The second kappa shape index (κ2) is 5.48. The molecule has 3 nitrogen and oxygen atoms in total. The Morgan fingerprint density at radius 2 is 2.11 bits per heavy atom. The first kappa shape index (κ1) is 13.7. The molecule has 0 spiro atoms. The third kappa shape index (κ3) is 2.81. The Labute approximate surface area is 110 Å². The van der Waals surface area contributed by atoms with Gasteiger partial charge in [-0.15, -0.1) is 0 Å². The van der Waals surface area contributed by atoms with Crippen LogP contribution in [0.25, 0.3) is 0 Å². The molecule has 0 bridgehead atoms. The number of hydrogen-bond donors (Lipinski definition) is 1. The van der Waals surface area contributed by atoms with Gasteiger partial charge in [0.25, 0.3) is 0 Å². The molecular formula is C14H16F2N2O. The van der Waals surface area contributed by atoms with Crippen LogP contribution in [0.15, 0.2) is 24.3 Å². The number of benzene rings is 1. The molecule has 1 atom stereocenters. The Kier molecular flexibility index (Phi) is 3.95. The summed E-state index contributed by atoms with van der Waals surface area (Å²) >= 11 is 0. The van der Waals surface area contributed by atoms with Crippen molar-refractivity contribution in [3.8, 4) is 0 Å². The van der Waals surface area contributed by atoms with Gasteiger partial charge in [0.05, 0.1) is 17.5 Å². The molecule has 0 aliphatic rings. The van der Waals surface area contributed by atoms with Crippen molar-refractivity contribution in [2.75, 3.05) is 0 Å². The largest absolute Gasteiger partial charge is 0.386 e. The molecule has 1 aromatic heterocycles. The molecule has 0 fully saturated rings. The van der Waals surface area contributed by atoms with Crippen LogP contribution in [0.4, 0.5) is 8.78 Å². The zero-order chi connectivity index (χ0) is 14.0. The predicted octanol–water partition coefficient (Wildman–Crippen LogP) is 2.54. The van der Waals surface area contributed by atoms with Gasteiger partial charge < -0.3 is 5.11 Å². The number of halogens is 2. The highest BCUT2D eigenvalue weighted by Gasteiger charge is 2.17. The van der Waals surface area contributed by atoms with Crippen LogP contribution >= 0.6 is 0 Å². The second-order valence-electron chi connectivity index (χ2n) is 4.47. The summed E-state index contributed by atoms with van der Waals surface area (Å²) < 4.78 is 28.2. The molecule has 0 radical (unpaired) electrons. The van der Waals surface area contributed by atoms with Crippen LogP contribution in [0.2, 0.25) is 0 Å².